The number of carbonyl (C=O) groups excluding carboxylic acids is 6. The lowest BCUT2D eigenvalue weighted by Gasteiger charge is -2.42. The first-order chi connectivity index (χ1) is 32.3. The second-order valence-corrected chi connectivity index (χ2v) is 16.6. The summed E-state index contributed by atoms with van der Waals surface area (Å²) in [6.07, 6.45) is 1.03. The monoisotopic (exact) mass is 963 g/mol. The van der Waals surface area contributed by atoms with E-state index in [-0.39, 0.29) is 58.6 Å². The van der Waals surface area contributed by atoms with Crippen molar-refractivity contribution >= 4 is 47.7 Å². The summed E-state index contributed by atoms with van der Waals surface area (Å²) in [5, 5.41) is 45.1. The third-order valence-corrected chi connectivity index (χ3v) is 12.5. The number of aromatic hydroxyl groups is 2. The molecule has 67 heavy (non-hydrogen) atoms. The second kappa shape index (κ2) is 28.1. The van der Waals surface area contributed by atoms with Crippen molar-refractivity contribution in [3.63, 3.8) is 0 Å². The predicted molar refractivity (Wildman–Crippen MR) is 248 cm³/mol. The molecule has 0 radical (unpaired) electrons. The van der Waals surface area contributed by atoms with E-state index in [0.717, 1.165) is 32.5 Å². The van der Waals surface area contributed by atoms with Crippen molar-refractivity contribution in [3.8, 4) is 17.2 Å². The minimum absolute atomic E-state index is 0.00846. The maximum atomic E-state index is 13.8. The minimum Gasteiger partial charge on any atom is -0.507 e. The fraction of sp³-hybridized carbons (Fsp3) is 0.609. The number of amides is 2. The molecule has 2 aliphatic carbocycles. The van der Waals surface area contributed by atoms with Crippen LogP contribution < -0.4 is 26.6 Å². The van der Waals surface area contributed by atoms with Gasteiger partial charge in [0.1, 0.15) is 36.0 Å². The topological polar surface area (TPSA) is 295 Å². The number of hydrazine groups is 1. The quantitative estimate of drug-likeness (QED) is 0.0523. The van der Waals surface area contributed by atoms with Crippen LogP contribution in [0.3, 0.4) is 0 Å². The maximum Gasteiger partial charge on any atom is 0.266 e. The molecule has 0 spiro atoms. The highest BCUT2D eigenvalue weighted by molar-refractivity contribution is 7.99. The van der Waals surface area contributed by atoms with Gasteiger partial charge in [-0.05, 0) is 39.3 Å². The molecule has 2 aromatic rings. The number of piperidine rings is 1. The van der Waals surface area contributed by atoms with Gasteiger partial charge in [0, 0.05) is 87.8 Å². The van der Waals surface area contributed by atoms with Crippen LogP contribution in [0.4, 0.5) is 0 Å². The molecular formula is C46H69N5O15S. The Kier molecular flexibility index (Phi) is 23.8. The normalized spacial score (nSPS) is 24.1. The molecule has 3 saturated heterocycles. The Morgan fingerprint density at radius 1 is 1.01 bits per heavy atom. The van der Waals surface area contributed by atoms with Crippen molar-refractivity contribution in [2.24, 2.45) is 11.7 Å². The number of ketones is 2. The lowest BCUT2D eigenvalue weighted by atomic mass is 9.72. The third kappa shape index (κ3) is 13.8. The Hall–Kier alpha value is -4.55. The number of nitrogens with one attached hydrogen (secondary N) is 3. The zero-order valence-corrected chi connectivity index (χ0v) is 40.3. The van der Waals surface area contributed by atoms with Gasteiger partial charge >= 0.3 is 0 Å². The first-order valence-corrected chi connectivity index (χ1v) is 23.6. The number of phenols is 2. The number of rotatable bonds is 13. The van der Waals surface area contributed by atoms with Gasteiger partial charge in [-0.2, -0.15) is 11.8 Å². The van der Waals surface area contributed by atoms with E-state index in [9.17, 15) is 44.1 Å². The van der Waals surface area contributed by atoms with Crippen LogP contribution in [0.2, 0.25) is 0 Å². The van der Waals surface area contributed by atoms with E-state index in [1.165, 1.54) is 51.2 Å². The summed E-state index contributed by atoms with van der Waals surface area (Å²) in [5.74, 6) is -1.91. The number of carbonyl (C=O) groups is 6. The molecule has 3 aliphatic heterocycles. The Bertz CT molecular complexity index is 1980. The highest BCUT2D eigenvalue weighted by atomic mass is 32.2. The van der Waals surface area contributed by atoms with Crippen molar-refractivity contribution in [3.05, 3.63) is 51.6 Å². The average molecular weight is 964 g/mol. The second-order valence-electron chi connectivity index (χ2n) is 15.5. The number of hydrogen-bond donors (Lipinski definition) is 8. The molecule has 2 amide bonds. The van der Waals surface area contributed by atoms with Crippen molar-refractivity contribution in [1.82, 2.24) is 21.1 Å². The van der Waals surface area contributed by atoms with Crippen molar-refractivity contribution < 1.29 is 72.9 Å². The van der Waals surface area contributed by atoms with Gasteiger partial charge in [-0.3, -0.25) is 29.9 Å². The zero-order valence-electron chi connectivity index (χ0n) is 39.5. The number of nitrogens with zero attached hydrogens (tertiary/aromatic N) is 1. The molecule has 3 heterocycles. The van der Waals surface area contributed by atoms with Crippen LogP contribution in [0.25, 0.3) is 0 Å². The molecule has 2 unspecified atom stereocenters. The number of phenolic OH excluding ortho intramolecular Hbond substituents is 2. The summed E-state index contributed by atoms with van der Waals surface area (Å²) in [4.78, 5) is 74.7. The molecule has 20 nitrogen and oxygen atoms in total. The number of likely N-dealkylation sites (tertiary alicyclic amines) is 1. The number of aliphatic hydroxyl groups is 2. The molecule has 3 fully saturated rings. The van der Waals surface area contributed by atoms with Gasteiger partial charge in [0.05, 0.1) is 61.1 Å². The zero-order chi connectivity index (χ0) is 49.8. The Morgan fingerprint density at radius 3 is 2.30 bits per heavy atom. The summed E-state index contributed by atoms with van der Waals surface area (Å²) in [6.45, 7) is 8.92. The maximum absolute atomic E-state index is 13.8. The van der Waals surface area contributed by atoms with E-state index >= 15 is 0 Å². The SMILES string of the molecule is CC.CN.CNNC(=O)[C@]1(O)Cc2c(O)c3c(c(O)c2[C@@H](OC2CC[C@H](OC4COCCN4)[C@H](C)O2)C1)C(=O)c1c(OC)cccc1C3=O.CO.O=CCCSCC(=O)N1CCC(C=O)CC1. The Labute approximate surface area is 395 Å². The van der Waals surface area contributed by atoms with Crippen LogP contribution in [0, 0.1) is 5.92 Å². The van der Waals surface area contributed by atoms with Gasteiger partial charge in [-0.15, -0.1) is 0 Å². The molecule has 374 valence electrons. The first-order valence-electron chi connectivity index (χ1n) is 22.5. The van der Waals surface area contributed by atoms with Crippen LogP contribution in [0.5, 0.6) is 17.2 Å². The fourth-order valence-corrected chi connectivity index (χ4v) is 9.10. The number of fused-ring (bicyclic) bond motifs is 3. The lowest BCUT2D eigenvalue weighted by molar-refractivity contribution is -0.258. The number of nitrogens with two attached hydrogens (primary N) is 1. The number of hydrogen-bond acceptors (Lipinski definition) is 19. The highest BCUT2D eigenvalue weighted by Gasteiger charge is 2.50. The summed E-state index contributed by atoms with van der Waals surface area (Å²) >= 11 is 1.49. The van der Waals surface area contributed by atoms with E-state index in [1.54, 1.807) is 0 Å². The number of aldehydes is 2. The number of aliphatic hydroxyl groups excluding tert-OH is 1. The largest absolute Gasteiger partial charge is 0.507 e. The summed E-state index contributed by atoms with van der Waals surface area (Å²) < 4.78 is 29.4. The minimum atomic E-state index is -2.12. The predicted octanol–water partition coefficient (Wildman–Crippen LogP) is 1.68. The molecule has 0 bridgehead atoms. The third-order valence-electron chi connectivity index (χ3n) is 11.5. The van der Waals surface area contributed by atoms with Crippen LogP contribution in [0.1, 0.15) is 108 Å². The molecule has 6 atom stereocenters. The van der Waals surface area contributed by atoms with Gasteiger partial charge < -0.3 is 64.3 Å². The fourth-order valence-electron chi connectivity index (χ4n) is 8.34. The van der Waals surface area contributed by atoms with Crippen molar-refractivity contribution in [2.45, 2.75) is 102 Å². The standard InChI is InChI=1S/C31H37N3O11.C11H17NO3S.C2H6.CH5N.CH4O/c1-14-17(44-20-13-42-10-9-33-20)7-8-21(43-14)45-19-12-31(40,30(39)34-32-2)11-16-23(19)29(38)25-24(27(16)36)26(35)15-5-4-6-18(41-3)22(15)28(25)37;13-6-1-7-16-9-11(15)12-4-2-10(8-14)3-5-12;3*1-2/h4-6,14,17,19-21,32-33,36,38,40H,7-13H2,1-3H3,(H,34,39);6,8,10H,1-5,7,9H2;1-2H3;2H2,1H3;2H,1H3/t14-,17-,19-,20?,21?,31-;;;;/m0..../s1. The first kappa shape index (κ1) is 56.8. The Balaban J connectivity index is 0.000000454. The number of ether oxygens (including phenoxy) is 5. The molecule has 5 aliphatic rings. The summed E-state index contributed by atoms with van der Waals surface area (Å²) in [5.41, 5.74) is 6.26. The number of methoxy groups -OCH3 is 1. The van der Waals surface area contributed by atoms with Crippen LogP contribution in [-0.4, -0.2) is 164 Å². The highest BCUT2D eigenvalue weighted by Crippen LogP contribution is 2.52. The van der Waals surface area contributed by atoms with Gasteiger partial charge in [0.2, 0.25) is 11.7 Å². The van der Waals surface area contributed by atoms with Gasteiger partial charge in [0.25, 0.3) is 5.91 Å². The number of thioether (sulfide) groups is 1. The summed E-state index contributed by atoms with van der Waals surface area (Å²) in [7, 11) is 5.31. The van der Waals surface area contributed by atoms with Gasteiger partial charge in [-0.25, -0.2) is 5.43 Å². The van der Waals surface area contributed by atoms with E-state index in [1.807, 2.05) is 25.7 Å². The molecule has 7 rings (SSSR count). The van der Waals surface area contributed by atoms with E-state index in [0.29, 0.717) is 63.6 Å². The van der Waals surface area contributed by atoms with Gasteiger partial charge in [0.15, 0.2) is 17.7 Å². The summed E-state index contributed by atoms with van der Waals surface area (Å²) in [6, 6.07) is 4.48. The van der Waals surface area contributed by atoms with E-state index < -0.39 is 70.6 Å². The van der Waals surface area contributed by atoms with Crippen molar-refractivity contribution in [2.75, 3.05) is 72.7 Å². The molecule has 9 N–H and O–H groups in total. The number of benzene rings is 2. The van der Waals surface area contributed by atoms with Crippen LogP contribution >= 0.6 is 11.8 Å². The molecule has 2 aromatic carbocycles. The molecule has 0 saturated carbocycles. The van der Waals surface area contributed by atoms with Crippen LogP contribution in [-0.2, 0) is 44.5 Å². The number of morpholine rings is 1. The lowest BCUT2D eigenvalue weighted by Crippen LogP contribution is -2.55. The Morgan fingerprint density at radius 2 is 1.70 bits per heavy atom. The van der Waals surface area contributed by atoms with Crippen molar-refractivity contribution in [1.29, 1.82) is 0 Å². The molecule has 0 aromatic heterocycles. The van der Waals surface area contributed by atoms with Crippen LogP contribution in [0.15, 0.2) is 18.2 Å². The van der Waals surface area contributed by atoms with E-state index in [4.69, 9.17) is 28.8 Å². The molecular weight excluding hydrogens is 895 g/mol. The molecule has 21 heteroatoms. The van der Waals surface area contributed by atoms with E-state index in [2.05, 4.69) is 21.9 Å². The van der Waals surface area contributed by atoms with Gasteiger partial charge in [-0.1, -0.05) is 26.0 Å². The smallest absolute Gasteiger partial charge is 0.266 e. The average Bonchev–Trinajstić information content (AvgIpc) is 3.36.